The Morgan fingerprint density at radius 1 is 1.08 bits per heavy atom. The van der Waals surface area contributed by atoms with Gasteiger partial charge in [0.05, 0.1) is 42.8 Å². The Hall–Kier alpha value is -2.26. The second-order valence-electron chi connectivity index (χ2n) is 10.00. The molecule has 3 N–H and O–H groups in total. The lowest BCUT2D eigenvalue weighted by molar-refractivity contribution is -0.207. The molecular formula is C28H40O8. The van der Waals surface area contributed by atoms with Crippen LogP contribution in [-0.4, -0.2) is 52.6 Å². The van der Waals surface area contributed by atoms with Crippen LogP contribution in [0.25, 0.3) is 11.0 Å². The van der Waals surface area contributed by atoms with Crippen LogP contribution in [0.5, 0.6) is 5.75 Å². The predicted molar refractivity (Wildman–Crippen MR) is 136 cm³/mol. The van der Waals surface area contributed by atoms with Gasteiger partial charge < -0.3 is 29.2 Å². The van der Waals surface area contributed by atoms with Gasteiger partial charge in [-0.05, 0) is 31.9 Å². The number of ketones is 1. The number of carbonyl (C=O) groups excluding carboxylic acids is 1. The van der Waals surface area contributed by atoms with Crippen molar-refractivity contribution in [1.29, 1.82) is 0 Å². The largest absolute Gasteiger partial charge is 0.493 e. The van der Waals surface area contributed by atoms with E-state index in [0.29, 0.717) is 28.9 Å². The Morgan fingerprint density at radius 2 is 1.78 bits per heavy atom. The molecule has 1 aromatic carbocycles. The van der Waals surface area contributed by atoms with Gasteiger partial charge in [0.1, 0.15) is 35.1 Å². The number of rotatable bonds is 12. The lowest BCUT2D eigenvalue weighted by Gasteiger charge is -2.41. The molecule has 8 heteroatoms. The van der Waals surface area contributed by atoms with Crippen molar-refractivity contribution < 1.29 is 34.0 Å². The van der Waals surface area contributed by atoms with Crippen molar-refractivity contribution in [3.8, 4) is 5.75 Å². The molecule has 1 aliphatic heterocycles. The first-order chi connectivity index (χ1) is 17.2. The maximum absolute atomic E-state index is 13.1. The lowest BCUT2D eigenvalue weighted by atomic mass is 9.84. The lowest BCUT2D eigenvalue weighted by Crippen LogP contribution is -2.50. The minimum atomic E-state index is -1.15. The smallest absolute Gasteiger partial charge is 0.193 e. The molecule has 0 spiro atoms. The Bertz CT molecular complexity index is 1090. The number of ether oxygens (including phenoxy) is 2. The average Bonchev–Trinajstić information content (AvgIpc) is 2.82. The monoisotopic (exact) mass is 504 g/mol. The van der Waals surface area contributed by atoms with Crippen molar-refractivity contribution in [1.82, 2.24) is 0 Å². The first-order valence-corrected chi connectivity index (χ1v) is 13.0. The van der Waals surface area contributed by atoms with Crippen molar-refractivity contribution >= 4 is 16.8 Å². The number of carbonyl (C=O) groups is 1. The molecule has 0 amide bonds. The average molecular weight is 505 g/mol. The molecule has 1 aliphatic rings. The van der Waals surface area contributed by atoms with Gasteiger partial charge in [0, 0.05) is 12.0 Å². The Balaban J connectivity index is 2.07. The number of benzene rings is 1. The first kappa shape index (κ1) is 28.3. The number of Topliss-reactive ketones (excluding diaryl/α,β-unsaturated/α-hetero) is 1. The Morgan fingerprint density at radius 3 is 2.44 bits per heavy atom. The summed E-state index contributed by atoms with van der Waals surface area (Å²) in [5.41, 5.74) is 0.896. The highest BCUT2D eigenvalue weighted by Crippen LogP contribution is 2.43. The van der Waals surface area contributed by atoms with Crippen LogP contribution in [0.1, 0.15) is 82.3 Å². The topological polar surface area (TPSA) is 126 Å². The van der Waals surface area contributed by atoms with Crippen molar-refractivity contribution in [2.45, 2.75) is 97.1 Å². The molecule has 0 aliphatic carbocycles. The maximum Gasteiger partial charge on any atom is 0.193 e. The van der Waals surface area contributed by atoms with Crippen LogP contribution in [0.4, 0.5) is 0 Å². The Kier molecular flexibility index (Phi) is 10.1. The van der Waals surface area contributed by atoms with Crippen LogP contribution >= 0.6 is 0 Å². The molecule has 1 fully saturated rings. The summed E-state index contributed by atoms with van der Waals surface area (Å²) in [6.07, 6.45) is 2.38. The van der Waals surface area contributed by atoms with Gasteiger partial charge in [-0.1, -0.05) is 46.0 Å². The molecule has 2 aromatic rings. The summed E-state index contributed by atoms with van der Waals surface area (Å²) >= 11 is 0. The van der Waals surface area contributed by atoms with Gasteiger partial charge in [0.2, 0.25) is 0 Å². The van der Waals surface area contributed by atoms with E-state index in [9.17, 15) is 24.9 Å². The summed E-state index contributed by atoms with van der Waals surface area (Å²) in [6.45, 7) is 7.05. The van der Waals surface area contributed by atoms with Gasteiger partial charge in [-0.2, -0.15) is 0 Å². The quantitative estimate of drug-likeness (QED) is 0.373. The zero-order chi connectivity index (χ0) is 26.4. The van der Waals surface area contributed by atoms with E-state index in [1.54, 1.807) is 19.9 Å². The van der Waals surface area contributed by atoms with Crippen LogP contribution in [0.2, 0.25) is 0 Å². The standard InChI is InChI=1S/C28H40O8/c1-5-6-7-8-9-10-11-34-21-12-16(2)23-20(31)14-19(13-17(3)30)35-27(23)24(21)28-26(33)18(4)25(32)22(15-29)36-28/h12,14,18,22,25-26,28-29,32-33H,5-11,13,15H2,1-4H3. The number of aliphatic hydroxyl groups is 3. The van der Waals surface area contributed by atoms with E-state index in [4.69, 9.17) is 13.9 Å². The molecule has 36 heavy (non-hydrogen) atoms. The molecule has 8 nitrogen and oxygen atoms in total. The van der Waals surface area contributed by atoms with E-state index in [1.165, 1.54) is 32.3 Å². The molecule has 1 aromatic heterocycles. The molecule has 0 bridgehead atoms. The zero-order valence-electron chi connectivity index (χ0n) is 21.8. The third-order valence-corrected chi connectivity index (χ3v) is 6.98. The number of aliphatic hydroxyl groups excluding tert-OH is 3. The van der Waals surface area contributed by atoms with Crippen molar-refractivity contribution in [2.24, 2.45) is 5.92 Å². The molecule has 200 valence electrons. The van der Waals surface area contributed by atoms with Gasteiger partial charge in [-0.3, -0.25) is 9.59 Å². The second kappa shape index (κ2) is 12.8. The van der Waals surface area contributed by atoms with E-state index in [0.717, 1.165) is 19.3 Å². The van der Waals surface area contributed by atoms with E-state index < -0.39 is 36.9 Å². The van der Waals surface area contributed by atoms with Gasteiger partial charge in [0.15, 0.2) is 5.43 Å². The van der Waals surface area contributed by atoms with Gasteiger partial charge in [-0.25, -0.2) is 0 Å². The fraction of sp³-hybridized carbons (Fsp3) is 0.643. The molecule has 0 saturated carbocycles. The molecule has 5 atom stereocenters. The third kappa shape index (κ3) is 6.35. The van der Waals surface area contributed by atoms with Crippen LogP contribution in [-0.2, 0) is 16.0 Å². The Labute approximate surface area is 212 Å². The van der Waals surface area contributed by atoms with E-state index in [-0.39, 0.29) is 29.0 Å². The highest BCUT2D eigenvalue weighted by molar-refractivity contribution is 5.86. The van der Waals surface area contributed by atoms with E-state index in [1.807, 2.05) is 0 Å². The number of hydrogen-bond acceptors (Lipinski definition) is 8. The summed E-state index contributed by atoms with van der Waals surface area (Å²) in [6, 6.07) is 3.06. The molecule has 5 unspecified atom stereocenters. The molecular weight excluding hydrogens is 464 g/mol. The predicted octanol–water partition coefficient (Wildman–Crippen LogP) is 3.76. The van der Waals surface area contributed by atoms with Gasteiger partial charge >= 0.3 is 0 Å². The van der Waals surface area contributed by atoms with Crippen LogP contribution in [0.15, 0.2) is 21.3 Å². The van der Waals surface area contributed by atoms with Crippen LogP contribution < -0.4 is 10.2 Å². The summed E-state index contributed by atoms with van der Waals surface area (Å²) in [4.78, 5) is 24.8. The van der Waals surface area contributed by atoms with Crippen LogP contribution in [0, 0.1) is 12.8 Å². The number of unbranched alkanes of at least 4 members (excludes halogenated alkanes) is 5. The second-order valence-corrected chi connectivity index (χ2v) is 10.00. The SMILES string of the molecule is CCCCCCCCOc1cc(C)c2c(=O)cc(CC(C)=O)oc2c1C1OC(CO)C(O)C(C)C1O. The normalized spacial score (nSPS) is 24.2. The summed E-state index contributed by atoms with van der Waals surface area (Å²) in [5, 5.41) is 31.7. The first-order valence-electron chi connectivity index (χ1n) is 13.0. The van der Waals surface area contributed by atoms with Crippen LogP contribution in [0.3, 0.4) is 0 Å². The maximum atomic E-state index is 13.1. The third-order valence-electron chi connectivity index (χ3n) is 6.98. The highest BCUT2D eigenvalue weighted by atomic mass is 16.5. The van der Waals surface area contributed by atoms with Crippen molar-refractivity contribution in [2.75, 3.05) is 13.2 Å². The van der Waals surface area contributed by atoms with Crippen molar-refractivity contribution in [3.05, 3.63) is 39.2 Å². The molecule has 2 heterocycles. The molecule has 3 rings (SSSR count). The summed E-state index contributed by atoms with van der Waals surface area (Å²) < 4.78 is 18.3. The number of aryl methyl sites for hydroxylation is 1. The fourth-order valence-electron chi connectivity index (χ4n) is 4.90. The van der Waals surface area contributed by atoms with Crippen molar-refractivity contribution in [3.63, 3.8) is 0 Å². The molecule has 1 saturated heterocycles. The van der Waals surface area contributed by atoms with E-state index in [2.05, 4.69) is 6.92 Å². The highest BCUT2D eigenvalue weighted by Gasteiger charge is 2.44. The summed E-state index contributed by atoms with van der Waals surface area (Å²) in [5.74, 6) is -0.139. The minimum Gasteiger partial charge on any atom is -0.493 e. The summed E-state index contributed by atoms with van der Waals surface area (Å²) in [7, 11) is 0. The van der Waals surface area contributed by atoms with E-state index >= 15 is 0 Å². The minimum absolute atomic E-state index is 0.0467. The number of fused-ring (bicyclic) bond motifs is 1. The van der Waals surface area contributed by atoms with Gasteiger partial charge in [0.25, 0.3) is 0 Å². The number of hydrogen-bond donors (Lipinski definition) is 3. The van der Waals surface area contributed by atoms with Gasteiger partial charge in [-0.15, -0.1) is 0 Å². The molecule has 0 radical (unpaired) electrons. The fourth-order valence-corrected chi connectivity index (χ4v) is 4.90. The zero-order valence-corrected chi connectivity index (χ0v) is 21.8.